The van der Waals surface area contributed by atoms with Gasteiger partial charge in [-0.25, -0.2) is 0 Å². The Hall–Kier alpha value is -1.70. The number of thiophene rings is 1. The second kappa shape index (κ2) is 5.74. The molecule has 4 N–H and O–H groups in total. The largest absolute Gasteiger partial charge is 0.360 e. The van der Waals surface area contributed by atoms with Gasteiger partial charge in [0.2, 0.25) is 0 Å². The SMILES string of the molecule is Cc1cc(NC(=O)c2csc(C3CC3NC3CC(N)C3)c2)no1. The Bertz CT molecular complexity index is 719. The number of nitrogens with two attached hydrogens (primary N) is 1. The lowest BCUT2D eigenvalue weighted by Crippen LogP contribution is -2.49. The van der Waals surface area contributed by atoms with Gasteiger partial charge in [-0.2, -0.15) is 0 Å². The molecule has 2 unspecified atom stereocenters. The van der Waals surface area contributed by atoms with Crippen LogP contribution in [0.25, 0.3) is 0 Å². The number of hydrogen-bond acceptors (Lipinski definition) is 6. The van der Waals surface area contributed by atoms with Crippen LogP contribution in [0.4, 0.5) is 5.82 Å². The summed E-state index contributed by atoms with van der Waals surface area (Å²) in [6.07, 6.45) is 3.31. The van der Waals surface area contributed by atoms with Crippen molar-refractivity contribution in [3.8, 4) is 0 Å². The molecule has 122 valence electrons. The molecule has 2 aromatic rings. The summed E-state index contributed by atoms with van der Waals surface area (Å²) >= 11 is 1.65. The highest BCUT2D eigenvalue weighted by Crippen LogP contribution is 2.44. The Morgan fingerprint density at radius 2 is 2.22 bits per heavy atom. The standard InChI is InChI=1S/C16H20N4O2S/c1-8-2-15(20-22-8)19-16(21)9-3-14(23-7-9)12-6-13(12)18-11-4-10(17)5-11/h2-3,7,10-13,18H,4-6,17H2,1H3,(H,19,20,21). The lowest BCUT2D eigenvalue weighted by Gasteiger charge is -2.33. The zero-order valence-electron chi connectivity index (χ0n) is 12.9. The Kier molecular flexibility index (Phi) is 3.71. The van der Waals surface area contributed by atoms with Crippen molar-refractivity contribution < 1.29 is 9.32 Å². The fraction of sp³-hybridized carbons (Fsp3) is 0.500. The highest BCUT2D eigenvalue weighted by molar-refractivity contribution is 7.10. The number of hydrogen-bond donors (Lipinski definition) is 3. The first-order chi connectivity index (χ1) is 11.1. The molecule has 2 aromatic heterocycles. The predicted octanol–water partition coefficient (Wildman–Crippen LogP) is 2.23. The number of amides is 1. The predicted molar refractivity (Wildman–Crippen MR) is 88.8 cm³/mol. The van der Waals surface area contributed by atoms with Crippen molar-refractivity contribution >= 4 is 23.1 Å². The van der Waals surface area contributed by atoms with Crippen molar-refractivity contribution in [2.75, 3.05) is 5.32 Å². The number of rotatable bonds is 5. The van der Waals surface area contributed by atoms with Crippen LogP contribution in [-0.4, -0.2) is 29.2 Å². The molecule has 2 atom stereocenters. The molecule has 6 nitrogen and oxygen atoms in total. The second-order valence-corrected chi connectivity index (χ2v) is 7.50. The van der Waals surface area contributed by atoms with Gasteiger partial charge in [-0.1, -0.05) is 5.16 Å². The van der Waals surface area contributed by atoms with Gasteiger partial charge in [-0.3, -0.25) is 4.79 Å². The molecule has 1 amide bonds. The van der Waals surface area contributed by atoms with Gasteiger partial charge in [0.05, 0.1) is 5.56 Å². The van der Waals surface area contributed by atoms with E-state index in [4.69, 9.17) is 10.3 Å². The first-order valence-corrected chi connectivity index (χ1v) is 8.81. The third-order valence-corrected chi connectivity index (χ3v) is 5.60. The maximum absolute atomic E-state index is 12.2. The highest BCUT2D eigenvalue weighted by atomic mass is 32.1. The molecular formula is C16H20N4O2S. The van der Waals surface area contributed by atoms with E-state index in [0.717, 1.165) is 19.3 Å². The summed E-state index contributed by atoms with van der Waals surface area (Å²) in [5.74, 6) is 1.52. The number of nitrogens with one attached hydrogen (secondary N) is 2. The molecule has 2 saturated carbocycles. The third-order valence-electron chi connectivity index (χ3n) is 4.53. The lowest BCUT2D eigenvalue weighted by atomic mass is 9.87. The fourth-order valence-electron chi connectivity index (χ4n) is 3.07. The maximum atomic E-state index is 12.2. The first kappa shape index (κ1) is 14.9. The van der Waals surface area contributed by atoms with E-state index in [1.165, 1.54) is 4.88 Å². The van der Waals surface area contributed by atoms with Crippen molar-refractivity contribution in [3.63, 3.8) is 0 Å². The minimum Gasteiger partial charge on any atom is -0.360 e. The molecule has 0 spiro atoms. The Labute approximate surface area is 138 Å². The van der Waals surface area contributed by atoms with Crippen molar-refractivity contribution in [3.05, 3.63) is 33.7 Å². The number of aromatic nitrogens is 1. The van der Waals surface area contributed by atoms with Crippen LogP contribution in [0, 0.1) is 6.92 Å². The molecule has 0 radical (unpaired) electrons. The molecule has 2 aliphatic rings. The normalized spacial score (nSPS) is 29.1. The minimum absolute atomic E-state index is 0.143. The quantitative estimate of drug-likeness (QED) is 0.781. The van der Waals surface area contributed by atoms with Crippen LogP contribution in [0.2, 0.25) is 0 Å². The van der Waals surface area contributed by atoms with Crippen molar-refractivity contribution in [2.24, 2.45) is 5.73 Å². The van der Waals surface area contributed by atoms with Gasteiger partial charge in [0.1, 0.15) is 5.76 Å². The van der Waals surface area contributed by atoms with Crippen molar-refractivity contribution in [1.29, 1.82) is 0 Å². The van der Waals surface area contributed by atoms with Gasteiger partial charge in [0.25, 0.3) is 5.91 Å². The van der Waals surface area contributed by atoms with Gasteiger partial charge in [0.15, 0.2) is 5.82 Å². The van der Waals surface area contributed by atoms with Crippen LogP contribution in [0.3, 0.4) is 0 Å². The molecule has 0 bridgehead atoms. The first-order valence-electron chi connectivity index (χ1n) is 7.93. The van der Waals surface area contributed by atoms with E-state index in [-0.39, 0.29) is 5.91 Å². The average Bonchev–Trinajstić information content (AvgIpc) is 2.90. The van der Waals surface area contributed by atoms with Crippen molar-refractivity contribution in [2.45, 2.75) is 50.2 Å². The van der Waals surface area contributed by atoms with E-state index < -0.39 is 0 Å². The third kappa shape index (κ3) is 3.17. The number of anilines is 1. The van der Waals surface area contributed by atoms with Crippen LogP contribution in [0.15, 0.2) is 22.0 Å². The summed E-state index contributed by atoms with van der Waals surface area (Å²) in [4.78, 5) is 13.5. The van der Waals surface area contributed by atoms with Crippen LogP contribution in [0.1, 0.15) is 46.2 Å². The smallest absolute Gasteiger partial charge is 0.257 e. The van der Waals surface area contributed by atoms with Gasteiger partial charge in [-0.05, 0) is 32.3 Å². The van der Waals surface area contributed by atoms with Crippen LogP contribution >= 0.6 is 11.3 Å². The zero-order valence-corrected chi connectivity index (χ0v) is 13.7. The molecular weight excluding hydrogens is 312 g/mol. The molecule has 0 saturated heterocycles. The number of aryl methyl sites for hydroxylation is 1. The second-order valence-electron chi connectivity index (χ2n) is 6.56. The number of carbonyl (C=O) groups is 1. The summed E-state index contributed by atoms with van der Waals surface area (Å²) in [5, 5.41) is 12.1. The van der Waals surface area contributed by atoms with E-state index in [0.29, 0.717) is 41.2 Å². The number of carbonyl (C=O) groups excluding carboxylic acids is 1. The van der Waals surface area contributed by atoms with E-state index in [1.807, 2.05) is 11.4 Å². The highest BCUT2D eigenvalue weighted by Gasteiger charge is 2.42. The van der Waals surface area contributed by atoms with E-state index in [1.54, 1.807) is 24.3 Å². The maximum Gasteiger partial charge on any atom is 0.257 e. The zero-order chi connectivity index (χ0) is 16.0. The van der Waals surface area contributed by atoms with Gasteiger partial charge in [0, 0.05) is 40.4 Å². The average molecular weight is 332 g/mol. The van der Waals surface area contributed by atoms with Crippen LogP contribution < -0.4 is 16.4 Å². The topological polar surface area (TPSA) is 93.2 Å². The van der Waals surface area contributed by atoms with E-state index in [9.17, 15) is 4.79 Å². The molecule has 7 heteroatoms. The fourth-order valence-corrected chi connectivity index (χ4v) is 4.14. The summed E-state index contributed by atoms with van der Waals surface area (Å²) in [6.45, 7) is 1.79. The molecule has 23 heavy (non-hydrogen) atoms. The summed E-state index contributed by atoms with van der Waals surface area (Å²) < 4.78 is 4.95. The van der Waals surface area contributed by atoms with Crippen LogP contribution in [0.5, 0.6) is 0 Å². The number of nitrogens with zero attached hydrogens (tertiary/aromatic N) is 1. The molecule has 0 aliphatic heterocycles. The van der Waals surface area contributed by atoms with Crippen LogP contribution in [-0.2, 0) is 0 Å². The Morgan fingerprint density at radius 3 is 2.91 bits per heavy atom. The van der Waals surface area contributed by atoms with E-state index >= 15 is 0 Å². The van der Waals surface area contributed by atoms with Gasteiger partial charge in [-0.15, -0.1) is 11.3 Å². The molecule has 2 heterocycles. The molecule has 0 aromatic carbocycles. The Balaban J connectivity index is 1.33. The summed E-state index contributed by atoms with van der Waals surface area (Å²) in [6, 6.07) is 5.20. The monoisotopic (exact) mass is 332 g/mol. The van der Waals surface area contributed by atoms with Gasteiger partial charge < -0.3 is 20.9 Å². The molecule has 2 fully saturated rings. The van der Waals surface area contributed by atoms with Crippen molar-refractivity contribution in [1.82, 2.24) is 10.5 Å². The summed E-state index contributed by atoms with van der Waals surface area (Å²) in [5.41, 5.74) is 6.50. The van der Waals surface area contributed by atoms with E-state index in [2.05, 4.69) is 15.8 Å². The lowest BCUT2D eigenvalue weighted by molar-refractivity contribution is 0.102. The minimum atomic E-state index is -0.143. The van der Waals surface area contributed by atoms with Gasteiger partial charge >= 0.3 is 0 Å². The summed E-state index contributed by atoms with van der Waals surface area (Å²) in [7, 11) is 0. The molecule has 4 rings (SSSR count). The molecule has 2 aliphatic carbocycles. The Morgan fingerprint density at radius 1 is 1.39 bits per heavy atom.